The first-order chi connectivity index (χ1) is 20.6. The molecule has 0 aromatic heterocycles. The fraction of sp³-hybridized carbons (Fsp3) is 0.552. The number of amides is 1. The van der Waals surface area contributed by atoms with Gasteiger partial charge in [-0.2, -0.15) is 26.3 Å². The van der Waals surface area contributed by atoms with Gasteiger partial charge >= 0.3 is 18.0 Å². The maximum atomic E-state index is 15.0. The zero-order chi connectivity index (χ0) is 33.5. The van der Waals surface area contributed by atoms with Crippen LogP contribution in [0.3, 0.4) is 0 Å². The van der Waals surface area contributed by atoms with Crippen LogP contribution in [-0.2, 0) is 41.3 Å². The largest absolute Gasteiger partial charge is 0.435 e. The predicted octanol–water partition coefficient (Wildman–Crippen LogP) is 5.93. The van der Waals surface area contributed by atoms with Crippen LogP contribution in [0.1, 0.15) is 56.2 Å². The number of aryl methyl sites for hydroxylation is 1. The van der Waals surface area contributed by atoms with Crippen LogP contribution in [0, 0.1) is 11.7 Å². The Morgan fingerprint density at radius 3 is 2.00 bits per heavy atom. The van der Waals surface area contributed by atoms with Crippen LogP contribution in [-0.4, -0.2) is 63.1 Å². The van der Waals surface area contributed by atoms with Gasteiger partial charge in [0.15, 0.2) is 19.7 Å². The van der Waals surface area contributed by atoms with Crippen LogP contribution < -0.4 is 0 Å². The van der Waals surface area contributed by atoms with E-state index in [-0.39, 0.29) is 55.8 Å². The molecule has 248 valence electrons. The van der Waals surface area contributed by atoms with Crippen LogP contribution in [0.5, 0.6) is 0 Å². The molecule has 2 saturated heterocycles. The molecule has 2 aromatic carbocycles. The number of likely N-dealkylation sites (tertiary alicyclic amines) is 1. The Kier molecular flexibility index (Phi) is 7.95. The van der Waals surface area contributed by atoms with Gasteiger partial charge in [0.25, 0.3) is 0 Å². The molecule has 5 rings (SSSR count). The van der Waals surface area contributed by atoms with Gasteiger partial charge in [0.1, 0.15) is 10.6 Å². The van der Waals surface area contributed by atoms with Crippen molar-refractivity contribution in [2.24, 2.45) is 5.92 Å². The lowest BCUT2D eigenvalue weighted by Gasteiger charge is -2.44. The Bertz CT molecular complexity index is 1690. The molecule has 0 N–H and O–H groups in total. The zero-order valence-corrected chi connectivity index (χ0v) is 25.6. The Labute approximate surface area is 254 Å². The summed E-state index contributed by atoms with van der Waals surface area (Å²) < 4.78 is 162. The summed E-state index contributed by atoms with van der Waals surface area (Å²) in [6.45, 7) is 2.77. The zero-order valence-electron chi connectivity index (χ0n) is 23.9. The van der Waals surface area contributed by atoms with Crippen molar-refractivity contribution in [3.8, 4) is 0 Å². The minimum absolute atomic E-state index is 0.0140. The van der Waals surface area contributed by atoms with Crippen LogP contribution in [0.2, 0.25) is 0 Å². The summed E-state index contributed by atoms with van der Waals surface area (Å²) in [6, 6.07) is 3.94. The number of alkyl halides is 7. The summed E-state index contributed by atoms with van der Waals surface area (Å²) in [5.41, 5.74) is -7.93. The molecule has 2 fully saturated rings. The van der Waals surface area contributed by atoms with E-state index in [4.69, 9.17) is 0 Å². The molecule has 16 heteroatoms. The number of rotatable bonds is 4. The van der Waals surface area contributed by atoms with E-state index < -0.39 is 87.1 Å². The third-order valence-electron chi connectivity index (χ3n) is 9.66. The summed E-state index contributed by atoms with van der Waals surface area (Å²) in [4.78, 5) is 14.8. The molecule has 0 bridgehead atoms. The van der Waals surface area contributed by atoms with Crippen LogP contribution in [0.4, 0.5) is 35.1 Å². The average molecular weight is 688 g/mol. The smallest absolute Gasteiger partial charge is 0.337 e. The number of sulfone groups is 2. The minimum atomic E-state index is -6.38. The summed E-state index contributed by atoms with van der Waals surface area (Å²) in [7, 11) is -8.12. The van der Waals surface area contributed by atoms with Crippen LogP contribution in [0.25, 0.3) is 0 Å². The quantitative estimate of drug-likeness (QED) is 0.294. The standard InChI is InChI=1S/C29H29F8NO5S2/c1-16-13-19(14-17(2)44(16,40)41)25(39)38-12-11-26(45(42,43)22-7-5-21(30)6-8-22)23-9-4-20(15-18(23)3-10-24(26)38)27(31,28(32,33)34)29(35,36)37/h4-9,15-17,19,24H,3,10-14H2,1-2H3/t16-,17+,19+,24-,26-/m1/s1. The second-order valence-corrected chi connectivity index (χ2v) is 17.1. The molecule has 0 unspecified atom stereocenters. The number of hydrogen-bond acceptors (Lipinski definition) is 5. The molecule has 1 amide bonds. The molecular formula is C29H29F8NO5S2. The molecule has 6 nitrogen and oxygen atoms in total. The first kappa shape index (κ1) is 33.6. The van der Waals surface area contributed by atoms with E-state index in [9.17, 15) is 52.4 Å². The van der Waals surface area contributed by atoms with Crippen molar-refractivity contribution in [3.63, 3.8) is 0 Å². The number of halogens is 8. The van der Waals surface area contributed by atoms with Gasteiger partial charge in [0.2, 0.25) is 5.91 Å². The van der Waals surface area contributed by atoms with E-state index in [1.165, 1.54) is 18.7 Å². The van der Waals surface area contributed by atoms with Crippen molar-refractivity contribution in [2.75, 3.05) is 6.54 Å². The highest BCUT2D eigenvalue weighted by molar-refractivity contribution is 7.92. The summed E-state index contributed by atoms with van der Waals surface area (Å²) in [5.74, 6) is -2.06. The highest BCUT2D eigenvalue weighted by Crippen LogP contribution is 2.57. The van der Waals surface area contributed by atoms with E-state index in [0.717, 1.165) is 30.3 Å². The molecule has 2 aliphatic heterocycles. The summed E-state index contributed by atoms with van der Waals surface area (Å²) >= 11 is 0. The number of nitrogens with zero attached hydrogens (tertiary/aromatic N) is 1. The normalized spacial score (nSPS) is 28.8. The number of fused-ring (bicyclic) bond motifs is 3. The van der Waals surface area contributed by atoms with Crippen molar-refractivity contribution in [3.05, 3.63) is 65.0 Å². The van der Waals surface area contributed by atoms with Gasteiger partial charge in [-0.1, -0.05) is 18.2 Å². The first-order valence-corrected chi connectivity index (χ1v) is 17.2. The SMILES string of the molecule is C[C@@H]1C[C@H](C(=O)N2CC[C@@]3(S(=O)(=O)c4ccc(F)cc4)c4ccc(C(F)(C(F)(F)F)C(F)(F)F)cc4CC[C@@H]23)C[C@H](C)S1(=O)=O. The molecule has 2 heterocycles. The summed E-state index contributed by atoms with van der Waals surface area (Å²) in [5, 5.41) is -1.70. The number of benzene rings is 2. The van der Waals surface area contributed by atoms with Crippen molar-refractivity contribution in [2.45, 2.75) is 90.2 Å². The lowest BCUT2D eigenvalue weighted by atomic mass is 9.76. The fourth-order valence-electron chi connectivity index (χ4n) is 7.32. The van der Waals surface area contributed by atoms with Gasteiger partial charge in [-0.3, -0.25) is 4.79 Å². The Balaban J connectivity index is 1.65. The third-order valence-corrected chi connectivity index (χ3v) is 14.8. The van der Waals surface area contributed by atoms with Gasteiger partial charge in [0, 0.05) is 18.0 Å². The third kappa shape index (κ3) is 4.87. The van der Waals surface area contributed by atoms with E-state index in [2.05, 4.69) is 0 Å². The van der Waals surface area contributed by atoms with E-state index >= 15 is 4.39 Å². The summed E-state index contributed by atoms with van der Waals surface area (Å²) in [6.07, 6.45) is -13.6. The molecular weight excluding hydrogens is 658 g/mol. The number of carbonyl (C=O) groups excluding carboxylic acids is 1. The van der Waals surface area contributed by atoms with Crippen molar-refractivity contribution < 1.29 is 56.8 Å². The molecule has 0 spiro atoms. The number of hydrogen-bond donors (Lipinski definition) is 0. The maximum absolute atomic E-state index is 15.0. The molecule has 0 saturated carbocycles. The maximum Gasteiger partial charge on any atom is 0.435 e. The van der Waals surface area contributed by atoms with Gasteiger partial charge in [0.05, 0.1) is 21.4 Å². The van der Waals surface area contributed by atoms with E-state index in [1.807, 2.05) is 0 Å². The topological polar surface area (TPSA) is 88.6 Å². The van der Waals surface area contributed by atoms with Crippen molar-refractivity contribution in [1.29, 1.82) is 0 Å². The second kappa shape index (κ2) is 10.6. The molecule has 3 aliphatic rings. The molecule has 2 aromatic rings. The Morgan fingerprint density at radius 2 is 1.47 bits per heavy atom. The van der Waals surface area contributed by atoms with Gasteiger partial charge in [-0.05, 0) is 81.3 Å². The van der Waals surface area contributed by atoms with Crippen LogP contribution >= 0.6 is 0 Å². The van der Waals surface area contributed by atoms with Crippen molar-refractivity contribution in [1.82, 2.24) is 4.90 Å². The predicted molar refractivity (Wildman–Crippen MR) is 146 cm³/mol. The van der Waals surface area contributed by atoms with Gasteiger partial charge in [-0.25, -0.2) is 25.6 Å². The first-order valence-electron chi connectivity index (χ1n) is 14.1. The monoisotopic (exact) mass is 687 g/mol. The molecule has 1 aliphatic carbocycles. The average Bonchev–Trinajstić information content (AvgIpc) is 3.35. The lowest BCUT2D eigenvalue weighted by molar-refractivity contribution is -0.348. The Morgan fingerprint density at radius 1 is 0.911 bits per heavy atom. The fourth-order valence-corrected chi connectivity index (χ4v) is 11.5. The number of carbonyl (C=O) groups is 1. The Hall–Kier alpha value is -2.75. The molecule has 45 heavy (non-hydrogen) atoms. The molecule has 5 atom stereocenters. The highest BCUT2D eigenvalue weighted by Gasteiger charge is 2.74. The van der Waals surface area contributed by atoms with Crippen molar-refractivity contribution >= 4 is 25.6 Å². The van der Waals surface area contributed by atoms with Gasteiger partial charge in [-0.15, -0.1) is 0 Å². The van der Waals surface area contributed by atoms with Gasteiger partial charge < -0.3 is 4.90 Å². The van der Waals surface area contributed by atoms with E-state index in [0.29, 0.717) is 6.07 Å². The van der Waals surface area contributed by atoms with Crippen LogP contribution in [0.15, 0.2) is 47.4 Å². The highest BCUT2D eigenvalue weighted by atomic mass is 32.2. The minimum Gasteiger partial charge on any atom is -0.337 e. The molecule has 0 radical (unpaired) electrons. The van der Waals surface area contributed by atoms with E-state index in [1.54, 1.807) is 0 Å². The lowest BCUT2D eigenvalue weighted by Crippen LogP contribution is -2.54. The second-order valence-electron chi connectivity index (χ2n) is 12.1.